The number of rotatable bonds is 14. The van der Waals surface area contributed by atoms with Gasteiger partial charge in [0, 0.05) is 54.7 Å². The highest BCUT2D eigenvalue weighted by atomic mass is 35.5. The summed E-state index contributed by atoms with van der Waals surface area (Å²) in [5, 5.41) is 19.5. The summed E-state index contributed by atoms with van der Waals surface area (Å²) in [6, 6.07) is 20.0. The molecular formula is C39H50ClN3O6. The van der Waals surface area contributed by atoms with Gasteiger partial charge in [-0.3, -0.25) is 4.79 Å². The number of halogens is 1. The molecule has 49 heavy (non-hydrogen) atoms. The largest absolute Gasteiger partial charge is 0.453 e. The maximum absolute atomic E-state index is 14.4. The number of likely N-dealkylation sites (tertiary alicyclic amines) is 1. The zero-order chi connectivity index (χ0) is 34.8. The molecular weight excluding hydrogens is 642 g/mol. The standard InChI is InChI=1S/C39H50ClN3O6/c1-4-27-9-5-10-30(23-27)36-33(12-6-13-34(36)40)39(46,18-8-19-42-38(45)47-3)31-11-7-20-43(26-31)37(44)32-16-14-28(25-41-2)24-29(32)15-17-35-48-21-22-49-35/h5-6,9-10,12-14,16,23-24,31,35,41,46H,4,7-8,11,15,17-22,25-26H2,1-3H3,(H,42,45)/t31-,39?/m1/s1. The summed E-state index contributed by atoms with van der Waals surface area (Å²) >= 11 is 6.94. The molecule has 9 nitrogen and oxygen atoms in total. The minimum atomic E-state index is -1.34. The lowest BCUT2D eigenvalue weighted by atomic mass is 9.72. The van der Waals surface area contributed by atoms with Gasteiger partial charge in [-0.1, -0.05) is 67.1 Å². The zero-order valence-electron chi connectivity index (χ0n) is 28.9. The first-order valence-electron chi connectivity index (χ1n) is 17.5. The fourth-order valence-electron chi connectivity index (χ4n) is 7.25. The van der Waals surface area contributed by atoms with E-state index in [9.17, 15) is 14.7 Å². The van der Waals surface area contributed by atoms with E-state index in [0.717, 1.165) is 47.1 Å². The van der Waals surface area contributed by atoms with Crippen molar-refractivity contribution in [2.24, 2.45) is 5.92 Å². The van der Waals surface area contributed by atoms with Gasteiger partial charge < -0.3 is 34.9 Å². The van der Waals surface area contributed by atoms with Crippen LogP contribution in [0.4, 0.5) is 4.79 Å². The van der Waals surface area contributed by atoms with Crippen molar-refractivity contribution in [3.05, 3.63) is 93.5 Å². The Kier molecular flexibility index (Phi) is 13.1. The smallest absolute Gasteiger partial charge is 0.406 e. The highest BCUT2D eigenvalue weighted by Crippen LogP contribution is 2.46. The Bertz CT molecular complexity index is 1580. The van der Waals surface area contributed by atoms with E-state index in [4.69, 9.17) is 25.8 Å². The van der Waals surface area contributed by atoms with Crippen LogP contribution in [-0.4, -0.2) is 75.3 Å². The molecule has 2 atom stereocenters. The lowest BCUT2D eigenvalue weighted by Gasteiger charge is -2.44. The van der Waals surface area contributed by atoms with Crippen molar-refractivity contribution in [3.8, 4) is 11.1 Å². The monoisotopic (exact) mass is 691 g/mol. The van der Waals surface area contributed by atoms with Crippen LogP contribution in [0.2, 0.25) is 5.02 Å². The molecule has 2 amide bonds. The zero-order valence-corrected chi connectivity index (χ0v) is 29.7. The van der Waals surface area contributed by atoms with E-state index in [1.807, 2.05) is 54.4 Å². The van der Waals surface area contributed by atoms with Gasteiger partial charge in [0.25, 0.3) is 5.91 Å². The molecule has 0 aliphatic carbocycles. The molecule has 0 radical (unpaired) electrons. The number of carbonyl (C=O) groups is 2. The molecule has 2 aliphatic rings. The average molecular weight is 692 g/mol. The molecule has 3 N–H and O–H groups in total. The van der Waals surface area contributed by atoms with Crippen LogP contribution in [0.25, 0.3) is 11.1 Å². The predicted octanol–water partition coefficient (Wildman–Crippen LogP) is 6.47. The van der Waals surface area contributed by atoms with Crippen molar-refractivity contribution in [1.29, 1.82) is 0 Å². The number of ether oxygens (including phenoxy) is 3. The minimum Gasteiger partial charge on any atom is -0.453 e. The molecule has 264 valence electrons. The summed E-state index contributed by atoms with van der Waals surface area (Å²) < 4.78 is 16.1. The van der Waals surface area contributed by atoms with Crippen molar-refractivity contribution < 1.29 is 28.9 Å². The highest BCUT2D eigenvalue weighted by Gasteiger charge is 2.43. The molecule has 0 saturated carbocycles. The number of amides is 2. The second-order valence-corrected chi connectivity index (χ2v) is 13.4. The van der Waals surface area contributed by atoms with Gasteiger partial charge in [0.1, 0.15) is 0 Å². The van der Waals surface area contributed by atoms with Crippen LogP contribution in [0, 0.1) is 5.92 Å². The number of benzene rings is 3. The molecule has 5 rings (SSSR count). The molecule has 2 heterocycles. The summed E-state index contributed by atoms with van der Waals surface area (Å²) in [5.41, 5.74) is 5.05. The quantitative estimate of drug-likeness (QED) is 0.166. The summed E-state index contributed by atoms with van der Waals surface area (Å²) in [5.74, 6) is -0.317. The van der Waals surface area contributed by atoms with Crippen LogP contribution in [0.15, 0.2) is 60.7 Å². The van der Waals surface area contributed by atoms with Gasteiger partial charge >= 0.3 is 6.09 Å². The van der Waals surface area contributed by atoms with Gasteiger partial charge in [0.05, 0.1) is 25.9 Å². The number of methoxy groups -OCH3 is 1. The maximum atomic E-state index is 14.4. The summed E-state index contributed by atoms with van der Waals surface area (Å²) in [6.07, 6.45) is 3.75. The highest BCUT2D eigenvalue weighted by molar-refractivity contribution is 6.33. The van der Waals surface area contributed by atoms with E-state index in [-0.39, 0.29) is 18.1 Å². The summed E-state index contributed by atoms with van der Waals surface area (Å²) in [6.45, 7) is 5.31. The van der Waals surface area contributed by atoms with Gasteiger partial charge in [-0.05, 0) is 85.5 Å². The van der Waals surface area contributed by atoms with Crippen LogP contribution in [0.3, 0.4) is 0 Å². The van der Waals surface area contributed by atoms with E-state index in [1.165, 1.54) is 12.7 Å². The van der Waals surface area contributed by atoms with Gasteiger partial charge in [-0.15, -0.1) is 0 Å². The molecule has 2 aliphatic heterocycles. The van der Waals surface area contributed by atoms with Gasteiger partial charge in [0.2, 0.25) is 0 Å². The van der Waals surface area contributed by atoms with E-state index in [2.05, 4.69) is 35.8 Å². The Morgan fingerprint density at radius 1 is 1.08 bits per heavy atom. The number of alkyl carbamates (subject to hydrolysis) is 1. The number of nitrogens with zero attached hydrogens (tertiary/aromatic N) is 1. The van der Waals surface area contributed by atoms with E-state index >= 15 is 0 Å². The third kappa shape index (κ3) is 9.01. The Hall–Kier alpha value is -3.47. The van der Waals surface area contributed by atoms with E-state index < -0.39 is 11.7 Å². The van der Waals surface area contributed by atoms with Crippen molar-refractivity contribution in [3.63, 3.8) is 0 Å². The van der Waals surface area contributed by atoms with Crippen molar-refractivity contribution >= 4 is 23.6 Å². The summed E-state index contributed by atoms with van der Waals surface area (Å²) in [4.78, 5) is 28.1. The molecule has 10 heteroatoms. The average Bonchev–Trinajstić information content (AvgIpc) is 3.66. The van der Waals surface area contributed by atoms with Crippen molar-refractivity contribution in [2.45, 2.75) is 70.3 Å². The second-order valence-electron chi connectivity index (χ2n) is 13.0. The molecule has 2 saturated heterocycles. The second kappa shape index (κ2) is 17.5. The van der Waals surface area contributed by atoms with Gasteiger partial charge in [-0.2, -0.15) is 0 Å². The van der Waals surface area contributed by atoms with Crippen molar-refractivity contribution in [1.82, 2.24) is 15.5 Å². The molecule has 3 aromatic carbocycles. The first-order valence-corrected chi connectivity index (χ1v) is 17.9. The Labute approximate surface area is 295 Å². The third-order valence-electron chi connectivity index (χ3n) is 9.80. The van der Waals surface area contributed by atoms with Crippen LogP contribution in [-0.2, 0) is 39.2 Å². The molecule has 3 aromatic rings. The first-order chi connectivity index (χ1) is 23.8. The topological polar surface area (TPSA) is 109 Å². The molecule has 2 fully saturated rings. The number of aliphatic hydroxyl groups is 1. The number of piperidine rings is 1. The normalized spacial score (nSPS) is 17.9. The lowest BCUT2D eigenvalue weighted by molar-refractivity contribution is -0.0564. The number of nitrogens with one attached hydrogen (secondary N) is 2. The van der Waals surface area contributed by atoms with Crippen LogP contribution < -0.4 is 10.6 Å². The lowest BCUT2D eigenvalue weighted by Crippen LogP contribution is -2.48. The minimum absolute atomic E-state index is 0.0411. The van der Waals surface area contributed by atoms with E-state index in [0.29, 0.717) is 75.7 Å². The van der Waals surface area contributed by atoms with Crippen LogP contribution in [0.5, 0.6) is 0 Å². The Balaban J connectivity index is 1.47. The number of carbonyl (C=O) groups excluding carboxylic acids is 2. The molecule has 0 aromatic heterocycles. The van der Waals surface area contributed by atoms with Crippen LogP contribution in [0.1, 0.15) is 71.6 Å². The predicted molar refractivity (Wildman–Crippen MR) is 192 cm³/mol. The number of hydrogen-bond acceptors (Lipinski definition) is 7. The molecule has 1 unspecified atom stereocenters. The van der Waals surface area contributed by atoms with Gasteiger partial charge in [-0.25, -0.2) is 4.79 Å². The number of aryl methyl sites for hydroxylation is 2. The Morgan fingerprint density at radius 3 is 2.63 bits per heavy atom. The SMILES string of the molecule is CCc1cccc(-c2c(Cl)cccc2C(O)(CCCNC(=O)OC)[C@@H]2CCCN(C(=O)c3ccc(CNC)cc3CCC3OCCO3)C2)c1. The number of hydrogen-bond donors (Lipinski definition) is 3. The fraction of sp³-hybridized carbons (Fsp3) is 0.487. The van der Waals surface area contributed by atoms with Crippen molar-refractivity contribution in [2.75, 3.05) is 47.0 Å². The third-order valence-corrected chi connectivity index (χ3v) is 10.1. The molecule has 0 bridgehead atoms. The first kappa shape index (κ1) is 36.8. The van der Waals surface area contributed by atoms with Crippen LogP contribution >= 0.6 is 11.6 Å². The Morgan fingerprint density at radius 2 is 1.88 bits per heavy atom. The van der Waals surface area contributed by atoms with Gasteiger partial charge in [0.15, 0.2) is 6.29 Å². The van der Waals surface area contributed by atoms with E-state index in [1.54, 1.807) is 0 Å². The fourth-order valence-corrected chi connectivity index (χ4v) is 7.53. The maximum Gasteiger partial charge on any atom is 0.406 e. The molecule has 0 spiro atoms. The summed E-state index contributed by atoms with van der Waals surface area (Å²) in [7, 11) is 3.24.